The predicted molar refractivity (Wildman–Crippen MR) is 57.2 cm³/mol. The van der Waals surface area contributed by atoms with Crippen LogP contribution in [0.3, 0.4) is 0 Å². The first-order valence-electron chi connectivity index (χ1n) is 4.60. The van der Waals surface area contributed by atoms with Crippen LogP contribution in [0.5, 0.6) is 5.75 Å². The number of aromatic nitrogens is 1. The van der Waals surface area contributed by atoms with Crippen molar-refractivity contribution in [1.82, 2.24) is 9.71 Å². The van der Waals surface area contributed by atoms with E-state index in [-0.39, 0.29) is 0 Å². The number of nitrogens with zero attached hydrogens (tertiary/aromatic N) is 1. The highest BCUT2D eigenvalue weighted by Crippen LogP contribution is 2.21. The molecule has 102 valence electrons. The molecule has 0 aliphatic rings. The van der Waals surface area contributed by atoms with Crippen LogP contribution in [-0.4, -0.2) is 31.2 Å². The maximum absolute atomic E-state index is 11.8. The fourth-order valence-electron chi connectivity index (χ4n) is 0.965. The summed E-state index contributed by atoms with van der Waals surface area (Å²) in [5.41, 5.74) is 0.390. The molecule has 18 heavy (non-hydrogen) atoms. The van der Waals surface area contributed by atoms with Crippen LogP contribution in [0.15, 0.2) is 12.1 Å². The third-order valence-corrected chi connectivity index (χ3v) is 2.69. The van der Waals surface area contributed by atoms with Gasteiger partial charge in [0.1, 0.15) is 6.54 Å². The Hall–Kier alpha value is -1.55. The van der Waals surface area contributed by atoms with Gasteiger partial charge < -0.3 is 5.11 Å². The van der Waals surface area contributed by atoms with Crippen LogP contribution >= 0.6 is 0 Å². The molecule has 0 radical (unpaired) electrons. The summed E-state index contributed by atoms with van der Waals surface area (Å²) < 4.78 is 61.0. The summed E-state index contributed by atoms with van der Waals surface area (Å²) in [6.07, 6.45) is -4.67. The smallest absolute Gasteiger partial charge is 0.402 e. The average Bonchev–Trinajstić information content (AvgIpc) is 2.20. The van der Waals surface area contributed by atoms with Gasteiger partial charge in [0.25, 0.3) is 0 Å². The molecule has 0 saturated carbocycles. The molecule has 0 bridgehead atoms. The maximum Gasteiger partial charge on any atom is 0.402 e. The maximum atomic E-state index is 11.8. The quantitative estimate of drug-likeness (QED) is 0.766. The number of aromatic hydroxyl groups is 1. The molecule has 0 amide bonds. The van der Waals surface area contributed by atoms with E-state index in [4.69, 9.17) is 0 Å². The standard InChI is InChI=1S/C8H10F3N3O3S/c1-5-2-3-6(15)7(13-5)14-18(16,17)12-4-8(9,10)11/h2-3,12,15H,4H2,1H3,(H,13,14). The van der Waals surface area contributed by atoms with Gasteiger partial charge in [-0.15, -0.1) is 0 Å². The second kappa shape index (κ2) is 4.98. The Labute approximate surface area is 101 Å². The van der Waals surface area contributed by atoms with Crippen LogP contribution in [0, 0.1) is 6.92 Å². The van der Waals surface area contributed by atoms with Crippen LogP contribution in [0.1, 0.15) is 5.69 Å². The van der Waals surface area contributed by atoms with Gasteiger partial charge in [-0.1, -0.05) is 0 Å². The second-order valence-electron chi connectivity index (χ2n) is 3.36. The topological polar surface area (TPSA) is 91.3 Å². The normalized spacial score (nSPS) is 12.4. The Bertz CT molecular complexity index is 530. The number of halogens is 3. The van der Waals surface area contributed by atoms with Gasteiger partial charge in [0, 0.05) is 5.69 Å². The van der Waals surface area contributed by atoms with E-state index in [1.807, 2.05) is 0 Å². The predicted octanol–water partition coefficient (Wildman–Crippen LogP) is 0.904. The molecule has 0 aliphatic carbocycles. The molecule has 1 aromatic rings. The zero-order valence-electron chi connectivity index (χ0n) is 9.11. The molecule has 10 heteroatoms. The highest BCUT2D eigenvalue weighted by molar-refractivity contribution is 7.90. The van der Waals surface area contributed by atoms with E-state index in [0.29, 0.717) is 5.69 Å². The minimum Gasteiger partial charge on any atom is -0.504 e. The van der Waals surface area contributed by atoms with E-state index in [9.17, 15) is 26.7 Å². The summed E-state index contributed by atoms with van der Waals surface area (Å²) >= 11 is 0. The molecule has 0 aromatic carbocycles. The van der Waals surface area contributed by atoms with Crippen molar-refractivity contribution in [2.75, 3.05) is 11.3 Å². The number of pyridine rings is 1. The third-order valence-electron chi connectivity index (χ3n) is 1.71. The van der Waals surface area contributed by atoms with Crippen molar-refractivity contribution >= 4 is 16.0 Å². The molecule has 0 saturated heterocycles. The van der Waals surface area contributed by atoms with Gasteiger partial charge in [0.15, 0.2) is 11.6 Å². The Kier molecular flexibility index (Phi) is 4.02. The van der Waals surface area contributed by atoms with Gasteiger partial charge in [-0.3, -0.25) is 4.72 Å². The van der Waals surface area contributed by atoms with Crippen molar-refractivity contribution in [2.45, 2.75) is 13.1 Å². The molecule has 1 rings (SSSR count). The van der Waals surface area contributed by atoms with Crippen molar-refractivity contribution < 1.29 is 26.7 Å². The Balaban J connectivity index is 2.80. The van der Waals surface area contributed by atoms with Crippen molar-refractivity contribution in [3.8, 4) is 5.75 Å². The number of anilines is 1. The summed E-state index contributed by atoms with van der Waals surface area (Å²) in [7, 11) is -4.45. The van der Waals surface area contributed by atoms with Gasteiger partial charge >= 0.3 is 16.4 Å². The summed E-state index contributed by atoms with van der Waals surface area (Å²) in [6, 6.07) is 2.58. The molecule has 6 nitrogen and oxygen atoms in total. The van der Waals surface area contributed by atoms with Crippen LogP contribution in [-0.2, 0) is 10.2 Å². The van der Waals surface area contributed by atoms with E-state index in [1.54, 1.807) is 4.72 Å². The lowest BCUT2D eigenvalue weighted by molar-refractivity contribution is -0.121. The van der Waals surface area contributed by atoms with Gasteiger partial charge in [-0.25, -0.2) is 4.98 Å². The third kappa shape index (κ3) is 4.75. The Morgan fingerprint density at radius 1 is 1.39 bits per heavy atom. The lowest BCUT2D eigenvalue weighted by Gasteiger charge is -2.11. The number of alkyl halides is 3. The van der Waals surface area contributed by atoms with Gasteiger partial charge in [-0.2, -0.15) is 26.3 Å². The second-order valence-corrected chi connectivity index (χ2v) is 4.86. The number of nitrogens with one attached hydrogen (secondary N) is 2. The summed E-state index contributed by atoms with van der Waals surface area (Å²) in [5, 5.41) is 9.29. The van der Waals surface area contributed by atoms with Gasteiger partial charge in [0.2, 0.25) is 0 Å². The van der Waals surface area contributed by atoms with Crippen LogP contribution in [0.4, 0.5) is 19.0 Å². The number of rotatable bonds is 4. The molecule has 0 fully saturated rings. The molecule has 0 atom stereocenters. The molecule has 0 unspecified atom stereocenters. The molecule has 0 aliphatic heterocycles. The summed E-state index contributed by atoms with van der Waals surface area (Å²) in [5.74, 6) is -0.928. The molecular weight excluding hydrogens is 275 g/mol. The SMILES string of the molecule is Cc1ccc(O)c(NS(=O)(=O)NCC(F)(F)F)n1. The molecular formula is C8H10F3N3O3S. The molecule has 1 aromatic heterocycles. The van der Waals surface area contributed by atoms with Crippen molar-refractivity contribution in [1.29, 1.82) is 0 Å². The number of hydrogen-bond donors (Lipinski definition) is 3. The van der Waals surface area contributed by atoms with Crippen LogP contribution in [0.2, 0.25) is 0 Å². The zero-order valence-corrected chi connectivity index (χ0v) is 9.93. The first kappa shape index (κ1) is 14.5. The fourth-order valence-corrected chi connectivity index (χ4v) is 1.80. The largest absolute Gasteiger partial charge is 0.504 e. The first-order chi connectivity index (χ1) is 8.09. The Morgan fingerprint density at radius 3 is 2.56 bits per heavy atom. The van der Waals surface area contributed by atoms with E-state index < -0.39 is 34.5 Å². The highest BCUT2D eigenvalue weighted by atomic mass is 32.2. The monoisotopic (exact) mass is 285 g/mol. The number of hydrogen-bond acceptors (Lipinski definition) is 4. The average molecular weight is 285 g/mol. The van der Waals surface area contributed by atoms with Gasteiger partial charge in [0.05, 0.1) is 0 Å². The minimum atomic E-state index is -4.67. The molecule has 3 N–H and O–H groups in total. The summed E-state index contributed by atoms with van der Waals surface area (Å²) in [6.45, 7) is -0.185. The number of aryl methyl sites for hydroxylation is 1. The van der Waals surface area contributed by atoms with Crippen LogP contribution < -0.4 is 9.44 Å². The highest BCUT2D eigenvalue weighted by Gasteiger charge is 2.29. The van der Waals surface area contributed by atoms with E-state index in [1.165, 1.54) is 23.8 Å². The first-order valence-corrected chi connectivity index (χ1v) is 6.08. The van der Waals surface area contributed by atoms with Crippen molar-refractivity contribution in [3.63, 3.8) is 0 Å². The van der Waals surface area contributed by atoms with E-state index in [2.05, 4.69) is 4.98 Å². The van der Waals surface area contributed by atoms with E-state index >= 15 is 0 Å². The molecule has 0 spiro atoms. The van der Waals surface area contributed by atoms with Crippen LogP contribution in [0.25, 0.3) is 0 Å². The minimum absolute atomic E-state index is 0.390. The Morgan fingerprint density at radius 2 is 2.00 bits per heavy atom. The lowest BCUT2D eigenvalue weighted by Crippen LogP contribution is -2.37. The lowest BCUT2D eigenvalue weighted by atomic mass is 10.3. The van der Waals surface area contributed by atoms with E-state index in [0.717, 1.165) is 0 Å². The van der Waals surface area contributed by atoms with Gasteiger partial charge in [-0.05, 0) is 19.1 Å². The molecule has 1 heterocycles. The van der Waals surface area contributed by atoms with Crippen molar-refractivity contribution in [2.24, 2.45) is 0 Å². The zero-order chi connectivity index (χ0) is 14.0. The van der Waals surface area contributed by atoms with Crippen molar-refractivity contribution in [3.05, 3.63) is 17.8 Å². The fraction of sp³-hybridized carbons (Fsp3) is 0.375. The summed E-state index contributed by atoms with van der Waals surface area (Å²) in [4.78, 5) is 3.64.